The van der Waals surface area contributed by atoms with E-state index in [1.807, 2.05) is 12.1 Å². The summed E-state index contributed by atoms with van der Waals surface area (Å²) >= 11 is 5.93. The van der Waals surface area contributed by atoms with Gasteiger partial charge >= 0.3 is 0 Å². The number of anilines is 2. The number of halogens is 1. The van der Waals surface area contributed by atoms with Gasteiger partial charge in [-0.25, -0.2) is 9.97 Å². The largest absolute Gasteiger partial charge is 0.384 e. The Balaban J connectivity index is 1.60. The van der Waals surface area contributed by atoms with E-state index in [0.717, 1.165) is 43.2 Å². The molecule has 0 amide bonds. The summed E-state index contributed by atoms with van der Waals surface area (Å²) in [5.41, 5.74) is 7.58. The molecule has 0 unspecified atom stereocenters. The average Bonchev–Trinajstić information content (AvgIpc) is 2.53. The Bertz CT molecular complexity index is 639. The molecular weight excluding hydrogens is 294 g/mol. The molecule has 2 aromatic rings. The van der Waals surface area contributed by atoms with Gasteiger partial charge in [0.15, 0.2) is 0 Å². The highest BCUT2D eigenvalue weighted by Gasteiger charge is 2.21. The minimum absolute atomic E-state index is 0.355. The van der Waals surface area contributed by atoms with E-state index in [9.17, 15) is 0 Å². The van der Waals surface area contributed by atoms with E-state index < -0.39 is 0 Å². The Hall–Kier alpha value is -1.75. The Labute approximate surface area is 137 Å². The van der Waals surface area contributed by atoms with E-state index in [0.29, 0.717) is 17.2 Å². The van der Waals surface area contributed by atoms with E-state index in [-0.39, 0.29) is 0 Å². The molecule has 4 nitrogen and oxygen atoms in total. The molecule has 112 valence electrons. The first kappa shape index (κ1) is 15.2. The Morgan fingerprint density at radius 1 is 1.18 bits per heavy atom. The first-order chi connectivity index (χ1) is 10.6. The van der Waals surface area contributed by atoms with Crippen LogP contribution in [0.25, 0.3) is 0 Å². The first-order valence-corrected chi connectivity index (χ1v) is 7.86. The van der Waals surface area contributed by atoms with Crippen LogP contribution in [0.5, 0.6) is 0 Å². The van der Waals surface area contributed by atoms with Crippen molar-refractivity contribution in [2.75, 3.05) is 23.7 Å². The Morgan fingerprint density at radius 2 is 1.86 bits per heavy atom. The third-order valence-corrected chi connectivity index (χ3v) is 4.50. The van der Waals surface area contributed by atoms with Crippen molar-refractivity contribution in [3.05, 3.63) is 41.2 Å². The van der Waals surface area contributed by atoms with Gasteiger partial charge in [0, 0.05) is 18.1 Å². The summed E-state index contributed by atoms with van der Waals surface area (Å²) in [4.78, 5) is 10.4. The molecule has 0 bridgehead atoms. The summed E-state index contributed by atoms with van der Waals surface area (Å²) in [6.45, 7) is 1.89. The summed E-state index contributed by atoms with van der Waals surface area (Å²) in [6, 6.07) is 8.13. The lowest BCUT2D eigenvalue weighted by molar-refractivity contribution is 0.402. The molecule has 0 aliphatic carbocycles. The number of rotatable bonds is 3. The zero-order valence-corrected chi connectivity index (χ0v) is 13.1. The topological polar surface area (TPSA) is 55.0 Å². The van der Waals surface area contributed by atoms with E-state index in [4.69, 9.17) is 25.2 Å². The molecule has 2 N–H and O–H groups in total. The molecule has 0 atom stereocenters. The molecular formula is C16H18BClN4. The second-order valence-corrected chi connectivity index (χ2v) is 6.19. The van der Waals surface area contributed by atoms with Crippen molar-refractivity contribution < 1.29 is 0 Å². The Morgan fingerprint density at radius 3 is 2.55 bits per heavy atom. The van der Waals surface area contributed by atoms with Gasteiger partial charge in [0.2, 0.25) is 0 Å². The minimum Gasteiger partial charge on any atom is -0.384 e. The van der Waals surface area contributed by atoms with Crippen LogP contribution in [0.3, 0.4) is 0 Å². The van der Waals surface area contributed by atoms with Crippen molar-refractivity contribution in [1.82, 2.24) is 9.97 Å². The van der Waals surface area contributed by atoms with Crippen LogP contribution >= 0.6 is 11.6 Å². The molecule has 0 saturated carbocycles. The number of nitrogen functional groups attached to an aromatic ring is 1. The normalized spacial score (nSPS) is 16.0. The van der Waals surface area contributed by atoms with Crippen LogP contribution in [0.15, 0.2) is 30.6 Å². The van der Waals surface area contributed by atoms with E-state index >= 15 is 0 Å². The predicted octanol–water partition coefficient (Wildman–Crippen LogP) is 1.97. The number of nitrogens with two attached hydrogens (primary N) is 1. The molecule has 1 saturated heterocycles. The third-order valence-electron chi connectivity index (χ3n) is 4.25. The maximum Gasteiger partial charge on any atom is 0.126 e. The van der Waals surface area contributed by atoms with Crippen molar-refractivity contribution in [3.63, 3.8) is 0 Å². The second kappa shape index (κ2) is 6.57. The molecule has 1 aromatic carbocycles. The quantitative estimate of drug-likeness (QED) is 0.880. The highest BCUT2D eigenvalue weighted by atomic mass is 35.5. The summed E-state index contributed by atoms with van der Waals surface area (Å²) < 4.78 is 0. The number of hydrogen-bond donors (Lipinski definition) is 1. The van der Waals surface area contributed by atoms with E-state index in [1.54, 1.807) is 0 Å². The van der Waals surface area contributed by atoms with Gasteiger partial charge in [0.25, 0.3) is 0 Å². The number of nitrogens with zero attached hydrogens (tertiary/aromatic N) is 3. The first-order valence-electron chi connectivity index (χ1n) is 7.49. The molecule has 1 aliphatic rings. The van der Waals surface area contributed by atoms with Gasteiger partial charge in [-0.2, -0.15) is 0 Å². The zero-order chi connectivity index (χ0) is 15.5. The number of benzene rings is 1. The smallest absolute Gasteiger partial charge is 0.126 e. The molecule has 2 radical (unpaired) electrons. The van der Waals surface area contributed by atoms with Gasteiger partial charge in [-0.3, -0.25) is 0 Å². The van der Waals surface area contributed by atoms with Crippen molar-refractivity contribution in [1.29, 1.82) is 0 Å². The second-order valence-electron chi connectivity index (χ2n) is 5.76. The molecule has 1 fully saturated rings. The lowest BCUT2D eigenvalue weighted by Crippen LogP contribution is -2.38. The van der Waals surface area contributed by atoms with Crippen molar-refractivity contribution >= 4 is 36.5 Å². The van der Waals surface area contributed by atoms with Gasteiger partial charge in [-0.15, -0.1) is 0 Å². The van der Waals surface area contributed by atoms with Crippen LogP contribution in [0.4, 0.5) is 11.6 Å². The molecule has 0 spiro atoms. The fraction of sp³-hybridized carbons (Fsp3) is 0.375. The maximum atomic E-state index is 5.98. The van der Waals surface area contributed by atoms with Crippen LogP contribution in [-0.2, 0) is 6.42 Å². The highest BCUT2D eigenvalue weighted by molar-refractivity contribution is 6.38. The zero-order valence-electron chi connectivity index (χ0n) is 12.4. The maximum absolute atomic E-state index is 5.98. The van der Waals surface area contributed by atoms with Gasteiger partial charge in [-0.05, 0) is 48.3 Å². The van der Waals surface area contributed by atoms with Gasteiger partial charge in [-0.1, -0.05) is 23.7 Å². The molecule has 2 heterocycles. The summed E-state index contributed by atoms with van der Waals surface area (Å²) in [5.74, 6) is 1.79. The Kier molecular flexibility index (Phi) is 4.53. The van der Waals surface area contributed by atoms with Crippen LogP contribution in [0.2, 0.25) is 5.02 Å². The summed E-state index contributed by atoms with van der Waals surface area (Å²) in [7, 11) is 5.98. The average molecular weight is 313 g/mol. The predicted molar refractivity (Wildman–Crippen MR) is 91.9 cm³/mol. The summed E-state index contributed by atoms with van der Waals surface area (Å²) in [6.07, 6.45) is 4.80. The van der Waals surface area contributed by atoms with Crippen LogP contribution in [0.1, 0.15) is 18.4 Å². The summed E-state index contributed by atoms with van der Waals surface area (Å²) in [5, 5.41) is 0.787. The van der Waals surface area contributed by atoms with Crippen LogP contribution < -0.4 is 16.1 Å². The molecule has 1 aromatic heterocycles. The molecule has 22 heavy (non-hydrogen) atoms. The SMILES string of the molecule is [B]c1c(N)ncnc1N1CCC(Cc2ccc(Cl)cc2)CC1. The van der Waals surface area contributed by atoms with Gasteiger partial charge < -0.3 is 10.6 Å². The molecule has 3 rings (SSSR count). The lowest BCUT2D eigenvalue weighted by atomic mass is 9.89. The third kappa shape index (κ3) is 3.35. The van der Waals surface area contributed by atoms with Gasteiger partial charge in [0.05, 0.1) is 0 Å². The van der Waals surface area contributed by atoms with E-state index in [1.165, 1.54) is 11.9 Å². The lowest BCUT2D eigenvalue weighted by Gasteiger charge is -2.33. The van der Waals surface area contributed by atoms with Crippen molar-refractivity contribution in [2.45, 2.75) is 19.3 Å². The standard InChI is InChI=1S/C16H18BClN4/c17-14-15(19)20-10-21-16(14)22-7-5-12(6-8-22)9-11-1-3-13(18)4-2-11/h1-4,10,12H,5-9H2,(H2,19,20,21). The van der Waals surface area contributed by atoms with Crippen molar-refractivity contribution in [3.8, 4) is 0 Å². The highest BCUT2D eigenvalue weighted by Crippen LogP contribution is 2.24. The molecule has 1 aliphatic heterocycles. The molecule has 6 heteroatoms. The number of piperidine rings is 1. The van der Waals surface area contributed by atoms with Crippen LogP contribution in [0, 0.1) is 5.92 Å². The number of aromatic nitrogens is 2. The fourth-order valence-electron chi connectivity index (χ4n) is 2.95. The van der Waals surface area contributed by atoms with Crippen molar-refractivity contribution in [2.24, 2.45) is 5.92 Å². The fourth-order valence-corrected chi connectivity index (χ4v) is 3.08. The van der Waals surface area contributed by atoms with Gasteiger partial charge in [0.1, 0.15) is 25.8 Å². The van der Waals surface area contributed by atoms with Crippen LogP contribution in [-0.4, -0.2) is 30.9 Å². The number of hydrogen-bond acceptors (Lipinski definition) is 4. The van der Waals surface area contributed by atoms with E-state index in [2.05, 4.69) is 27.0 Å². The monoisotopic (exact) mass is 312 g/mol. The minimum atomic E-state index is 0.355.